The third-order valence-corrected chi connectivity index (χ3v) is 7.69. The van der Waals surface area contributed by atoms with E-state index in [1.54, 1.807) is 0 Å². The number of nitrogens with zero attached hydrogens (tertiary/aromatic N) is 1. The molecule has 0 amide bonds. The molecule has 0 heterocycles. The van der Waals surface area contributed by atoms with Gasteiger partial charge in [0.1, 0.15) is 0 Å². The number of rotatable bonds is 9. The zero-order chi connectivity index (χ0) is 20.6. The highest BCUT2D eigenvalue weighted by Gasteiger charge is 2.19. The van der Waals surface area contributed by atoms with Crippen LogP contribution >= 0.6 is 7.92 Å². The summed E-state index contributed by atoms with van der Waals surface area (Å²) in [6.07, 6.45) is 0. The molecular weight excluding hydrogens is 371 g/mol. The van der Waals surface area contributed by atoms with Crippen LogP contribution in [-0.4, -0.2) is 30.1 Å². The molecule has 0 saturated carbocycles. The monoisotopic (exact) mass is 404 g/mol. The smallest absolute Gasteiger partial charge is 0.0425 e. The molecule has 0 bridgehead atoms. The Balaban J connectivity index is 1.89. The molecule has 29 heavy (non-hydrogen) atoms. The second-order valence-corrected chi connectivity index (χ2v) is 10.1. The van der Waals surface area contributed by atoms with Crippen molar-refractivity contribution in [3.8, 4) is 0 Å². The highest BCUT2D eigenvalue weighted by atomic mass is 31.1. The molecule has 3 aromatic rings. The van der Waals surface area contributed by atoms with Crippen molar-refractivity contribution in [2.45, 2.75) is 39.8 Å². The van der Waals surface area contributed by atoms with Gasteiger partial charge in [-0.3, -0.25) is 4.90 Å². The molecule has 152 valence electrons. The Morgan fingerprint density at radius 2 is 1.17 bits per heavy atom. The molecule has 3 aromatic carbocycles. The molecule has 0 atom stereocenters. The standard InChI is InChI=1S/C26H33N2P/c1-21(2)28(22(3)4)20-19-27-25-17-11-12-18-26(25)29(23-13-7-5-8-14-23)24-15-9-6-10-16-24/h5-18,21-22,27H,19-20H2,1-4H3. The molecule has 0 radical (unpaired) electrons. The van der Waals surface area contributed by atoms with Crippen LogP contribution in [0.2, 0.25) is 0 Å². The third kappa shape index (κ3) is 5.69. The van der Waals surface area contributed by atoms with Crippen LogP contribution in [0.4, 0.5) is 5.69 Å². The lowest BCUT2D eigenvalue weighted by Gasteiger charge is -2.31. The molecule has 0 aromatic heterocycles. The normalized spacial score (nSPS) is 11.6. The van der Waals surface area contributed by atoms with Gasteiger partial charge in [-0.25, -0.2) is 0 Å². The predicted molar refractivity (Wildman–Crippen MR) is 131 cm³/mol. The first-order valence-corrected chi connectivity index (χ1v) is 11.9. The van der Waals surface area contributed by atoms with Crippen molar-refractivity contribution in [1.82, 2.24) is 4.90 Å². The molecule has 0 fully saturated rings. The lowest BCUT2D eigenvalue weighted by molar-refractivity contribution is 0.182. The van der Waals surface area contributed by atoms with Crippen molar-refractivity contribution in [3.05, 3.63) is 84.9 Å². The molecule has 0 spiro atoms. The van der Waals surface area contributed by atoms with Crippen LogP contribution in [0.5, 0.6) is 0 Å². The zero-order valence-corrected chi connectivity index (χ0v) is 18.9. The minimum Gasteiger partial charge on any atom is -0.383 e. The van der Waals surface area contributed by atoms with Crippen molar-refractivity contribution in [1.29, 1.82) is 0 Å². The van der Waals surface area contributed by atoms with Gasteiger partial charge in [0, 0.05) is 36.2 Å². The summed E-state index contributed by atoms with van der Waals surface area (Å²) in [6, 6.07) is 31.7. The van der Waals surface area contributed by atoms with Gasteiger partial charge in [0.25, 0.3) is 0 Å². The Kier molecular flexibility index (Phi) is 7.86. The molecule has 2 nitrogen and oxygen atoms in total. The van der Waals surface area contributed by atoms with Crippen molar-refractivity contribution in [2.24, 2.45) is 0 Å². The molecule has 0 aliphatic carbocycles. The first-order chi connectivity index (χ1) is 14.1. The lowest BCUT2D eigenvalue weighted by atomic mass is 10.2. The highest BCUT2D eigenvalue weighted by molar-refractivity contribution is 7.80. The first-order valence-electron chi connectivity index (χ1n) is 10.6. The summed E-state index contributed by atoms with van der Waals surface area (Å²) in [5.41, 5.74) is 1.25. The van der Waals surface area contributed by atoms with Gasteiger partial charge in [0.15, 0.2) is 0 Å². The van der Waals surface area contributed by atoms with E-state index in [0.29, 0.717) is 12.1 Å². The Bertz CT molecular complexity index is 815. The summed E-state index contributed by atoms with van der Waals surface area (Å²) in [6.45, 7) is 11.1. The van der Waals surface area contributed by atoms with E-state index in [1.165, 1.54) is 21.6 Å². The highest BCUT2D eigenvalue weighted by Crippen LogP contribution is 2.35. The summed E-state index contributed by atoms with van der Waals surface area (Å²) in [4.78, 5) is 2.53. The molecule has 3 rings (SSSR count). The fourth-order valence-electron chi connectivity index (χ4n) is 3.83. The second kappa shape index (κ2) is 10.6. The van der Waals surface area contributed by atoms with Crippen LogP contribution in [0, 0.1) is 0 Å². The Hall–Kier alpha value is -2.15. The van der Waals surface area contributed by atoms with Crippen LogP contribution in [0.25, 0.3) is 0 Å². The maximum absolute atomic E-state index is 3.75. The van der Waals surface area contributed by atoms with Crippen LogP contribution in [0.3, 0.4) is 0 Å². The van der Waals surface area contributed by atoms with Crippen molar-refractivity contribution < 1.29 is 0 Å². The summed E-state index contributed by atoms with van der Waals surface area (Å²) in [7, 11) is -0.600. The average Bonchev–Trinajstić information content (AvgIpc) is 2.73. The number of para-hydroxylation sites is 1. The van der Waals surface area contributed by atoms with Crippen LogP contribution in [0.1, 0.15) is 27.7 Å². The van der Waals surface area contributed by atoms with Gasteiger partial charge in [-0.1, -0.05) is 78.9 Å². The van der Waals surface area contributed by atoms with E-state index in [9.17, 15) is 0 Å². The number of nitrogens with one attached hydrogen (secondary N) is 1. The molecule has 0 unspecified atom stereocenters. The lowest BCUT2D eigenvalue weighted by Crippen LogP contribution is -2.40. The topological polar surface area (TPSA) is 15.3 Å². The van der Waals surface area contributed by atoms with Crippen molar-refractivity contribution >= 4 is 29.5 Å². The molecule has 1 N–H and O–H groups in total. The minimum atomic E-state index is -0.600. The third-order valence-electron chi connectivity index (χ3n) is 5.19. The van der Waals surface area contributed by atoms with Gasteiger partial charge in [-0.15, -0.1) is 0 Å². The summed E-state index contributed by atoms with van der Waals surface area (Å²) in [5.74, 6) is 0. The number of anilines is 1. The van der Waals surface area contributed by atoms with Crippen molar-refractivity contribution in [2.75, 3.05) is 18.4 Å². The maximum Gasteiger partial charge on any atom is 0.0425 e. The first kappa shape index (κ1) is 21.6. The van der Waals surface area contributed by atoms with E-state index in [4.69, 9.17) is 0 Å². The van der Waals surface area contributed by atoms with E-state index in [1.807, 2.05) is 0 Å². The zero-order valence-electron chi connectivity index (χ0n) is 18.0. The maximum atomic E-state index is 3.75. The van der Waals surface area contributed by atoms with Gasteiger partial charge >= 0.3 is 0 Å². The summed E-state index contributed by atoms with van der Waals surface area (Å²) >= 11 is 0. The fourth-order valence-corrected chi connectivity index (χ4v) is 6.26. The van der Waals surface area contributed by atoms with Gasteiger partial charge < -0.3 is 5.32 Å². The molecule has 0 saturated heterocycles. The quantitative estimate of drug-likeness (QED) is 0.506. The Morgan fingerprint density at radius 3 is 1.69 bits per heavy atom. The van der Waals surface area contributed by atoms with E-state index in [-0.39, 0.29) is 0 Å². The SMILES string of the molecule is CC(C)N(CCNc1ccccc1P(c1ccccc1)c1ccccc1)C(C)C. The van der Waals surface area contributed by atoms with Crippen LogP contribution in [0.15, 0.2) is 84.9 Å². The summed E-state index contributed by atoms with van der Waals surface area (Å²) in [5, 5.41) is 7.90. The van der Waals surface area contributed by atoms with Crippen LogP contribution in [-0.2, 0) is 0 Å². The second-order valence-electron chi connectivity index (χ2n) is 7.88. The minimum absolute atomic E-state index is 0.554. The van der Waals surface area contributed by atoms with E-state index in [2.05, 4.69) is 123 Å². The molecule has 0 aliphatic rings. The van der Waals surface area contributed by atoms with Gasteiger partial charge in [0.2, 0.25) is 0 Å². The number of hydrogen-bond donors (Lipinski definition) is 1. The van der Waals surface area contributed by atoms with Crippen LogP contribution < -0.4 is 21.2 Å². The molecule has 0 aliphatic heterocycles. The summed E-state index contributed by atoms with van der Waals surface area (Å²) < 4.78 is 0. The molecular formula is C26H33N2P. The fraction of sp³-hybridized carbons (Fsp3) is 0.308. The van der Waals surface area contributed by atoms with Gasteiger partial charge in [-0.05, 0) is 52.3 Å². The number of benzene rings is 3. The van der Waals surface area contributed by atoms with E-state index in [0.717, 1.165) is 13.1 Å². The van der Waals surface area contributed by atoms with Gasteiger partial charge in [-0.2, -0.15) is 0 Å². The van der Waals surface area contributed by atoms with E-state index >= 15 is 0 Å². The van der Waals surface area contributed by atoms with Crippen molar-refractivity contribution in [3.63, 3.8) is 0 Å². The number of hydrogen-bond acceptors (Lipinski definition) is 2. The van der Waals surface area contributed by atoms with E-state index < -0.39 is 7.92 Å². The Morgan fingerprint density at radius 1 is 0.690 bits per heavy atom. The Labute approximate surface area is 177 Å². The predicted octanol–water partition coefficient (Wildman–Crippen LogP) is 4.98. The largest absolute Gasteiger partial charge is 0.383 e. The molecule has 3 heteroatoms. The average molecular weight is 405 g/mol. The van der Waals surface area contributed by atoms with Gasteiger partial charge in [0.05, 0.1) is 0 Å².